The van der Waals surface area contributed by atoms with Crippen molar-refractivity contribution in [2.75, 3.05) is 5.32 Å². The van der Waals surface area contributed by atoms with Gasteiger partial charge in [0.25, 0.3) is 0 Å². The van der Waals surface area contributed by atoms with Crippen molar-refractivity contribution in [3.8, 4) is 0 Å². The molecule has 0 fully saturated rings. The minimum absolute atomic E-state index is 0.107. The monoisotopic (exact) mass is 307 g/mol. The number of fused-ring (bicyclic) bond motifs is 1. The van der Waals surface area contributed by atoms with Crippen LogP contribution in [0.4, 0.5) is 18.9 Å². The predicted molar refractivity (Wildman–Crippen MR) is 65.3 cm³/mol. The highest BCUT2D eigenvalue weighted by atomic mass is 79.9. The molecule has 94 valence electrons. The number of anilines is 1. The van der Waals surface area contributed by atoms with Crippen LogP contribution in [0.2, 0.25) is 0 Å². The van der Waals surface area contributed by atoms with Crippen molar-refractivity contribution in [1.82, 2.24) is 0 Å². The Bertz CT molecular complexity index is 411. The van der Waals surface area contributed by atoms with Gasteiger partial charge in [-0.1, -0.05) is 22.9 Å². The van der Waals surface area contributed by atoms with Gasteiger partial charge < -0.3 is 5.32 Å². The predicted octanol–water partition coefficient (Wildman–Crippen LogP) is 4.30. The molecule has 0 aromatic heterocycles. The van der Waals surface area contributed by atoms with Crippen LogP contribution in [0.3, 0.4) is 0 Å². The fourth-order valence-corrected chi connectivity index (χ4v) is 2.73. The van der Waals surface area contributed by atoms with E-state index >= 15 is 0 Å². The lowest BCUT2D eigenvalue weighted by atomic mass is 9.94. The number of rotatable bonds is 1. The van der Waals surface area contributed by atoms with Crippen LogP contribution < -0.4 is 5.32 Å². The smallest absolute Gasteiger partial charge is 0.374 e. The Balaban J connectivity index is 2.37. The highest BCUT2D eigenvalue weighted by Crippen LogP contribution is 2.36. The number of nitrogens with one attached hydrogen (secondary N) is 1. The Labute approximate surface area is 107 Å². The van der Waals surface area contributed by atoms with Crippen LogP contribution >= 0.6 is 15.9 Å². The van der Waals surface area contributed by atoms with Crippen LogP contribution in [0.25, 0.3) is 0 Å². The summed E-state index contributed by atoms with van der Waals surface area (Å²) in [5, 5.41) is 2.64. The first-order valence-corrected chi connectivity index (χ1v) is 6.35. The van der Waals surface area contributed by atoms with Crippen molar-refractivity contribution >= 4 is 21.6 Å². The van der Waals surface area contributed by atoms with E-state index in [-0.39, 0.29) is 6.42 Å². The van der Waals surface area contributed by atoms with Crippen LogP contribution in [0.5, 0.6) is 0 Å². The van der Waals surface area contributed by atoms with E-state index in [9.17, 15) is 13.2 Å². The molecule has 1 aliphatic rings. The summed E-state index contributed by atoms with van der Waals surface area (Å²) in [6.07, 6.45) is -2.87. The maximum Gasteiger partial charge on any atom is 0.408 e. The number of hydrogen-bond donors (Lipinski definition) is 1. The Morgan fingerprint density at radius 2 is 2.12 bits per heavy atom. The highest BCUT2D eigenvalue weighted by molar-refractivity contribution is 9.10. The van der Waals surface area contributed by atoms with E-state index in [2.05, 4.69) is 21.2 Å². The standard InChI is InChI=1S/C12H13BrF3N/c1-2-7-5-9(13)6-8-3-4-10(12(14,15)16)17-11(7)8/h5-6,10,17H,2-4H2,1H3. The maximum atomic E-state index is 12.7. The van der Waals surface area contributed by atoms with Crippen molar-refractivity contribution in [3.05, 3.63) is 27.7 Å². The van der Waals surface area contributed by atoms with Crippen LogP contribution in [-0.4, -0.2) is 12.2 Å². The zero-order valence-corrected chi connectivity index (χ0v) is 11.0. The molecule has 0 amide bonds. The van der Waals surface area contributed by atoms with Crippen molar-refractivity contribution in [3.63, 3.8) is 0 Å². The summed E-state index contributed by atoms with van der Waals surface area (Å²) in [4.78, 5) is 0. The van der Waals surface area contributed by atoms with Crippen molar-refractivity contribution in [2.24, 2.45) is 0 Å². The molecule has 1 atom stereocenters. The van der Waals surface area contributed by atoms with Gasteiger partial charge in [0.05, 0.1) is 0 Å². The van der Waals surface area contributed by atoms with Gasteiger partial charge in [0, 0.05) is 10.2 Å². The van der Waals surface area contributed by atoms with Gasteiger partial charge in [-0.2, -0.15) is 13.2 Å². The first-order chi connectivity index (χ1) is 7.91. The first kappa shape index (κ1) is 12.7. The van der Waals surface area contributed by atoms with Gasteiger partial charge in [-0.25, -0.2) is 0 Å². The molecule has 5 heteroatoms. The van der Waals surface area contributed by atoms with Gasteiger partial charge in [-0.05, 0) is 42.5 Å². The summed E-state index contributed by atoms with van der Waals surface area (Å²) in [6, 6.07) is 2.36. The topological polar surface area (TPSA) is 12.0 Å². The second kappa shape index (κ2) is 4.52. The van der Waals surface area contributed by atoms with Crippen molar-refractivity contribution in [1.29, 1.82) is 0 Å². The Morgan fingerprint density at radius 3 is 2.71 bits per heavy atom. The van der Waals surface area contributed by atoms with Gasteiger partial charge in [-0.3, -0.25) is 0 Å². The van der Waals surface area contributed by atoms with E-state index in [4.69, 9.17) is 0 Å². The SMILES string of the molecule is CCc1cc(Br)cc2c1NC(C(F)(F)F)CC2. The zero-order valence-electron chi connectivity index (χ0n) is 9.37. The molecule has 0 bridgehead atoms. The Morgan fingerprint density at radius 1 is 1.41 bits per heavy atom. The molecule has 1 aromatic carbocycles. The third-order valence-electron chi connectivity index (χ3n) is 3.06. The summed E-state index contributed by atoms with van der Waals surface area (Å²) in [7, 11) is 0. The van der Waals surface area contributed by atoms with Gasteiger partial charge in [0.15, 0.2) is 0 Å². The van der Waals surface area contributed by atoms with Crippen LogP contribution in [0.15, 0.2) is 16.6 Å². The molecule has 0 aliphatic carbocycles. The highest BCUT2D eigenvalue weighted by Gasteiger charge is 2.41. The van der Waals surface area contributed by atoms with Crippen LogP contribution in [0.1, 0.15) is 24.5 Å². The number of halogens is 4. The fourth-order valence-electron chi connectivity index (χ4n) is 2.18. The lowest BCUT2D eigenvalue weighted by molar-refractivity contribution is -0.144. The second-order valence-electron chi connectivity index (χ2n) is 4.23. The van der Waals surface area contributed by atoms with E-state index in [1.807, 2.05) is 19.1 Å². The van der Waals surface area contributed by atoms with Crippen LogP contribution in [0, 0.1) is 0 Å². The van der Waals surface area contributed by atoms with E-state index in [0.717, 1.165) is 22.0 Å². The summed E-state index contributed by atoms with van der Waals surface area (Å²) in [5.74, 6) is 0. The normalized spacial score (nSPS) is 19.7. The van der Waals surface area contributed by atoms with E-state index in [1.165, 1.54) is 0 Å². The first-order valence-electron chi connectivity index (χ1n) is 5.56. The van der Waals surface area contributed by atoms with Gasteiger partial charge >= 0.3 is 6.18 Å². The number of alkyl halides is 3. The average molecular weight is 308 g/mol. The lowest BCUT2D eigenvalue weighted by Crippen LogP contribution is -2.39. The molecule has 1 heterocycles. The Kier molecular flexibility index (Phi) is 3.39. The molecule has 1 aromatic rings. The molecule has 0 saturated carbocycles. The molecule has 0 saturated heterocycles. The van der Waals surface area contributed by atoms with E-state index < -0.39 is 12.2 Å². The third-order valence-corrected chi connectivity index (χ3v) is 3.52. The number of benzene rings is 1. The largest absolute Gasteiger partial charge is 0.408 e. The minimum atomic E-state index is -4.17. The molecular weight excluding hydrogens is 295 g/mol. The zero-order chi connectivity index (χ0) is 12.6. The third kappa shape index (κ3) is 2.59. The van der Waals surface area contributed by atoms with Crippen molar-refractivity contribution < 1.29 is 13.2 Å². The van der Waals surface area contributed by atoms with Crippen molar-refractivity contribution in [2.45, 2.75) is 38.4 Å². The minimum Gasteiger partial charge on any atom is -0.374 e. The van der Waals surface area contributed by atoms with Gasteiger partial charge in [0.1, 0.15) is 6.04 Å². The molecule has 1 nitrogen and oxygen atoms in total. The molecule has 1 unspecified atom stereocenters. The molecule has 1 N–H and O–H groups in total. The molecule has 17 heavy (non-hydrogen) atoms. The van der Waals surface area contributed by atoms with Crippen LogP contribution in [-0.2, 0) is 12.8 Å². The molecule has 1 aliphatic heterocycles. The molecular formula is C12H13BrF3N. The molecule has 0 spiro atoms. The average Bonchev–Trinajstić information content (AvgIpc) is 2.25. The number of hydrogen-bond acceptors (Lipinski definition) is 1. The molecule has 2 rings (SSSR count). The quantitative estimate of drug-likeness (QED) is 0.815. The maximum absolute atomic E-state index is 12.7. The van der Waals surface area contributed by atoms with E-state index in [1.54, 1.807) is 0 Å². The van der Waals surface area contributed by atoms with E-state index in [0.29, 0.717) is 12.1 Å². The number of aryl methyl sites for hydroxylation is 2. The molecule has 0 radical (unpaired) electrons. The summed E-state index contributed by atoms with van der Waals surface area (Å²) < 4.78 is 39.0. The van der Waals surface area contributed by atoms with Gasteiger partial charge in [0.2, 0.25) is 0 Å². The van der Waals surface area contributed by atoms with Gasteiger partial charge in [-0.15, -0.1) is 0 Å². The summed E-state index contributed by atoms with van der Waals surface area (Å²) >= 11 is 3.39. The second-order valence-corrected chi connectivity index (χ2v) is 5.15. The Hall–Kier alpha value is -0.710. The summed E-state index contributed by atoms with van der Waals surface area (Å²) in [6.45, 7) is 1.95. The summed E-state index contributed by atoms with van der Waals surface area (Å²) in [5.41, 5.74) is 2.57. The fraction of sp³-hybridized carbons (Fsp3) is 0.500. The lowest BCUT2D eigenvalue weighted by Gasteiger charge is -2.30.